The fourth-order valence-corrected chi connectivity index (χ4v) is 5.41. The summed E-state index contributed by atoms with van der Waals surface area (Å²) >= 11 is 0. The first-order valence-corrected chi connectivity index (χ1v) is 15.1. The number of carbonyl (C=O) groups excluding carboxylic acids is 1. The Morgan fingerprint density at radius 1 is 0.833 bits per heavy atom. The maximum absolute atomic E-state index is 13.4. The molecule has 0 bridgehead atoms. The van der Waals surface area contributed by atoms with Crippen molar-refractivity contribution in [3.05, 3.63) is 114 Å². The van der Waals surface area contributed by atoms with Gasteiger partial charge in [-0.05, 0) is 84.8 Å². The van der Waals surface area contributed by atoms with Gasteiger partial charge < -0.3 is 20.3 Å². The van der Waals surface area contributed by atoms with Crippen LogP contribution in [0.15, 0.2) is 97.3 Å². The van der Waals surface area contributed by atoms with E-state index in [0.717, 1.165) is 34.7 Å². The zero-order chi connectivity index (χ0) is 29.1. The zero-order valence-electron chi connectivity index (χ0n) is 24.8. The van der Waals surface area contributed by atoms with E-state index >= 15 is 0 Å². The standard InChI is InChI=1S/C36H42N4O2/c1-27(2)42-35-20-18-34(19-21-35)39-36(41)40(26-30-7-6-22-37-23-30)25-29-12-16-32(17-13-29)31-14-10-28(11-15-31)24-38-33-8-4-3-5-9-33/h6-7,10-23,27,33,38H,3-5,8-9,24-26H2,1-2H3,(H,39,41). The third-order valence-electron chi connectivity index (χ3n) is 7.68. The highest BCUT2D eigenvalue weighted by Gasteiger charge is 2.16. The van der Waals surface area contributed by atoms with Crippen molar-refractivity contribution in [2.75, 3.05) is 5.32 Å². The van der Waals surface area contributed by atoms with Crippen LogP contribution in [0, 0.1) is 0 Å². The van der Waals surface area contributed by atoms with Crippen LogP contribution in [0.3, 0.4) is 0 Å². The van der Waals surface area contributed by atoms with Gasteiger partial charge in [-0.1, -0.05) is 73.9 Å². The van der Waals surface area contributed by atoms with E-state index in [1.54, 1.807) is 17.3 Å². The van der Waals surface area contributed by atoms with Crippen molar-refractivity contribution in [1.29, 1.82) is 0 Å². The van der Waals surface area contributed by atoms with E-state index in [2.05, 4.69) is 64.1 Å². The number of nitrogens with zero attached hydrogens (tertiary/aromatic N) is 2. The molecule has 1 heterocycles. The molecule has 1 aliphatic rings. The topological polar surface area (TPSA) is 66.5 Å². The lowest BCUT2D eigenvalue weighted by Crippen LogP contribution is -2.34. The molecule has 0 spiro atoms. The Morgan fingerprint density at radius 2 is 1.48 bits per heavy atom. The Morgan fingerprint density at radius 3 is 2.10 bits per heavy atom. The smallest absolute Gasteiger partial charge is 0.322 e. The van der Waals surface area contributed by atoms with Crippen molar-refractivity contribution < 1.29 is 9.53 Å². The van der Waals surface area contributed by atoms with E-state index in [9.17, 15) is 4.79 Å². The minimum atomic E-state index is -0.169. The lowest BCUT2D eigenvalue weighted by molar-refractivity contribution is 0.206. The molecule has 0 aliphatic heterocycles. The third kappa shape index (κ3) is 8.67. The Kier molecular flexibility index (Phi) is 10.2. The van der Waals surface area contributed by atoms with Crippen molar-refractivity contribution in [2.45, 2.75) is 77.7 Å². The second-order valence-electron chi connectivity index (χ2n) is 11.4. The summed E-state index contributed by atoms with van der Waals surface area (Å²) in [7, 11) is 0. The summed E-state index contributed by atoms with van der Waals surface area (Å²) in [6, 6.07) is 29.2. The molecular weight excluding hydrogens is 520 g/mol. The number of rotatable bonds is 11. The minimum Gasteiger partial charge on any atom is -0.491 e. The van der Waals surface area contributed by atoms with Crippen LogP contribution in [0.4, 0.5) is 10.5 Å². The second-order valence-corrected chi connectivity index (χ2v) is 11.4. The molecule has 3 aromatic carbocycles. The number of benzene rings is 3. The van der Waals surface area contributed by atoms with Crippen molar-refractivity contribution in [1.82, 2.24) is 15.2 Å². The minimum absolute atomic E-state index is 0.0967. The Labute approximate surface area is 250 Å². The van der Waals surface area contributed by atoms with Crippen molar-refractivity contribution in [2.24, 2.45) is 0 Å². The lowest BCUT2D eigenvalue weighted by atomic mass is 9.95. The van der Waals surface area contributed by atoms with Gasteiger partial charge in [-0.3, -0.25) is 4.98 Å². The summed E-state index contributed by atoms with van der Waals surface area (Å²) in [6.07, 6.45) is 10.3. The van der Waals surface area contributed by atoms with E-state index in [1.165, 1.54) is 43.2 Å². The SMILES string of the molecule is CC(C)Oc1ccc(NC(=O)N(Cc2ccc(-c3ccc(CNC4CCCCC4)cc3)cc2)Cc2cccnc2)cc1. The predicted octanol–water partition coefficient (Wildman–Crippen LogP) is 8.19. The first-order valence-electron chi connectivity index (χ1n) is 15.1. The Bertz CT molecular complexity index is 1380. The van der Waals surface area contributed by atoms with Crippen LogP contribution >= 0.6 is 0 Å². The summed E-state index contributed by atoms with van der Waals surface area (Å²) in [5, 5.41) is 6.77. The number of carbonyl (C=O) groups is 1. The van der Waals surface area contributed by atoms with Gasteiger partial charge in [0.15, 0.2) is 0 Å². The van der Waals surface area contributed by atoms with Gasteiger partial charge >= 0.3 is 6.03 Å². The fourth-order valence-electron chi connectivity index (χ4n) is 5.41. The number of anilines is 1. The number of nitrogens with one attached hydrogen (secondary N) is 2. The monoisotopic (exact) mass is 562 g/mol. The first kappa shape index (κ1) is 29.3. The number of hydrogen-bond donors (Lipinski definition) is 2. The molecule has 2 N–H and O–H groups in total. The number of aromatic nitrogens is 1. The Balaban J connectivity index is 1.22. The molecule has 5 rings (SSSR count). The first-order chi connectivity index (χ1) is 20.5. The highest BCUT2D eigenvalue weighted by Crippen LogP contribution is 2.23. The molecule has 1 aliphatic carbocycles. The molecule has 6 nitrogen and oxygen atoms in total. The number of pyridine rings is 1. The highest BCUT2D eigenvalue weighted by atomic mass is 16.5. The molecule has 4 aromatic rings. The molecule has 1 aromatic heterocycles. The van der Waals surface area contributed by atoms with Gasteiger partial charge in [0, 0.05) is 43.8 Å². The van der Waals surface area contributed by atoms with Crippen molar-refractivity contribution >= 4 is 11.7 Å². The van der Waals surface area contributed by atoms with Crippen LogP contribution in [0.2, 0.25) is 0 Å². The van der Waals surface area contributed by atoms with Crippen LogP contribution < -0.4 is 15.4 Å². The van der Waals surface area contributed by atoms with E-state index in [0.29, 0.717) is 19.1 Å². The number of urea groups is 1. The summed E-state index contributed by atoms with van der Waals surface area (Å²) < 4.78 is 5.73. The average Bonchev–Trinajstić information content (AvgIpc) is 3.02. The predicted molar refractivity (Wildman–Crippen MR) is 170 cm³/mol. The maximum atomic E-state index is 13.4. The van der Waals surface area contributed by atoms with Crippen molar-refractivity contribution in [3.63, 3.8) is 0 Å². The quantitative estimate of drug-likeness (QED) is 0.193. The van der Waals surface area contributed by atoms with Crippen LogP contribution in [0.25, 0.3) is 11.1 Å². The summed E-state index contributed by atoms with van der Waals surface area (Å²) in [5.74, 6) is 0.779. The van der Waals surface area contributed by atoms with Gasteiger partial charge in [-0.25, -0.2) is 4.79 Å². The lowest BCUT2D eigenvalue weighted by Gasteiger charge is -2.24. The van der Waals surface area contributed by atoms with E-state index < -0.39 is 0 Å². The van der Waals surface area contributed by atoms with E-state index in [-0.39, 0.29) is 12.1 Å². The molecule has 0 radical (unpaired) electrons. The van der Waals surface area contributed by atoms with Crippen LogP contribution in [-0.2, 0) is 19.6 Å². The molecule has 1 fully saturated rings. The van der Waals surface area contributed by atoms with Crippen LogP contribution in [-0.4, -0.2) is 28.1 Å². The molecule has 42 heavy (non-hydrogen) atoms. The van der Waals surface area contributed by atoms with Crippen LogP contribution in [0.1, 0.15) is 62.6 Å². The van der Waals surface area contributed by atoms with E-state index in [4.69, 9.17) is 4.74 Å². The molecule has 2 amide bonds. The number of amides is 2. The van der Waals surface area contributed by atoms with Crippen LogP contribution in [0.5, 0.6) is 5.75 Å². The number of hydrogen-bond acceptors (Lipinski definition) is 4. The molecule has 0 saturated heterocycles. The van der Waals surface area contributed by atoms with Gasteiger partial charge in [0.1, 0.15) is 5.75 Å². The average molecular weight is 563 g/mol. The molecule has 0 unspecified atom stereocenters. The van der Waals surface area contributed by atoms with Gasteiger partial charge in [-0.2, -0.15) is 0 Å². The maximum Gasteiger partial charge on any atom is 0.322 e. The summed E-state index contributed by atoms with van der Waals surface area (Å²) in [6.45, 7) is 5.83. The van der Waals surface area contributed by atoms with Gasteiger partial charge in [0.2, 0.25) is 0 Å². The van der Waals surface area contributed by atoms with Crippen molar-refractivity contribution in [3.8, 4) is 16.9 Å². The zero-order valence-corrected chi connectivity index (χ0v) is 24.8. The summed E-state index contributed by atoms with van der Waals surface area (Å²) in [5.41, 5.74) is 6.44. The highest BCUT2D eigenvalue weighted by molar-refractivity contribution is 5.89. The van der Waals surface area contributed by atoms with Gasteiger partial charge in [-0.15, -0.1) is 0 Å². The Hall–Kier alpha value is -4.16. The largest absolute Gasteiger partial charge is 0.491 e. The normalized spacial score (nSPS) is 13.6. The second kappa shape index (κ2) is 14.6. The molecular formula is C36H42N4O2. The van der Waals surface area contributed by atoms with Gasteiger partial charge in [0.25, 0.3) is 0 Å². The third-order valence-corrected chi connectivity index (χ3v) is 7.68. The molecule has 6 heteroatoms. The fraction of sp³-hybridized carbons (Fsp3) is 0.333. The summed E-state index contributed by atoms with van der Waals surface area (Å²) in [4.78, 5) is 19.5. The van der Waals surface area contributed by atoms with Gasteiger partial charge in [0.05, 0.1) is 6.10 Å². The molecule has 1 saturated carbocycles. The number of ether oxygens (including phenoxy) is 1. The van der Waals surface area contributed by atoms with E-state index in [1.807, 2.05) is 50.2 Å². The molecule has 0 atom stereocenters. The molecule has 218 valence electrons.